The number of aryl methyl sites for hydroxylation is 1. The van der Waals surface area contributed by atoms with Gasteiger partial charge in [-0.1, -0.05) is 6.07 Å². The summed E-state index contributed by atoms with van der Waals surface area (Å²) >= 11 is 1.65. The molecule has 2 heterocycles. The molecule has 0 bridgehead atoms. The largest absolute Gasteiger partial charge is 0.326 e. The van der Waals surface area contributed by atoms with Crippen molar-refractivity contribution < 1.29 is 4.79 Å². The number of aromatic nitrogens is 1. The molecular formula is C18H16N2O2S. The van der Waals surface area contributed by atoms with Gasteiger partial charge in [-0.3, -0.25) is 14.2 Å². The van der Waals surface area contributed by atoms with E-state index >= 15 is 0 Å². The van der Waals surface area contributed by atoms with Crippen LogP contribution in [0.4, 0.5) is 5.69 Å². The fourth-order valence-corrected chi connectivity index (χ4v) is 3.25. The van der Waals surface area contributed by atoms with Crippen LogP contribution in [0.15, 0.2) is 58.8 Å². The van der Waals surface area contributed by atoms with Gasteiger partial charge in [-0.2, -0.15) is 0 Å². The van der Waals surface area contributed by atoms with Gasteiger partial charge in [0.2, 0.25) is 5.91 Å². The molecule has 2 aromatic heterocycles. The fraction of sp³-hybridized carbons (Fsp3) is 0.111. The maximum absolute atomic E-state index is 12.2. The monoisotopic (exact) mass is 324 g/mol. The van der Waals surface area contributed by atoms with Crippen LogP contribution < -0.4 is 10.9 Å². The van der Waals surface area contributed by atoms with Crippen molar-refractivity contribution in [3.8, 4) is 16.1 Å². The van der Waals surface area contributed by atoms with E-state index in [0.29, 0.717) is 5.69 Å². The number of amides is 1. The third-order valence-corrected chi connectivity index (χ3v) is 4.47. The van der Waals surface area contributed by atoms with Crippen molar-refractivity contribution in [1.82, 2.24) is 4.57 Å². The van der Waals surface area contributed by atoms with Crippen LogP contribution in [0.5, 0.6) is 0 Å². The molecule has 0 saturated carbocycles. The highest BCUT2D eigenvalue weighted by Crippen LogP contribution is 2.26. The number of anilines is 1. The molecule has 3 rings (SSSR count). The van der Waals surface area contributed by atoms with Crippen LogP contribution in [0, 0.1) is 6.92 Å². The van der Waals surface area contributed by atoms with Crippen molar-refractivity contribution in [2.24, 2.45) is 0 Å². The highest BCUT2D eigenvalue weighted by Gasteiger charge is 2.06. The number of carbonyl (C=O) groups is 1. The molecule has 0 fully saturated rings. The first-order valence-corrected chi connectivity index (χ1v) is 8.07. The van der Waals surface area contributed by atoms with Crippen molar-refractivity contribution in [2.75, 3.05) is 5.32 Å². The van der Waals surface area contributed by atoms with E-state index in [1.165, 1.54) is 12.5 Å². The summed E-state index contributed by atoms with van der Waals surface area (Å²) < 4.78 is 1.59. The third-order valence-electron chi connectivity index (χ3n) is 3.37. The SMILES string of the molecule is CC(=O)Nc1cccc(-n2cc(-c3cc(C)cs3)ccc2=O)c1. The molecule has 1 N–H and O–H groups in total. The number of thiophene rings is 1. The summed E-state index contributed by atoms with van der Waals surface area (Å²) in [4.78, 5) is 24.5. The lowest BCUT2D eigenvalue weighted by Gasteiger charge is -2.09. The van der Waals surface area contributed by atoms with Gasteiger partial charge < -0.3 is 5.32 Å². The Morgan fingerprint density at radius 3 is 2.70 bits per heavy atom. The number of hydrogen-bond acceptors (Lipinski definition) is 3. The summed E-state index contributed by atoms with van der Waals surface area (Å²) in [6, 6.07) is 12.7. The van der Waals surface area contributed by atoms with Crippen molar-refractivity contribution in [3.63, 3.8) is 0 Å². The van der Waals surface area contributed by atoms with E-state index in [2.05, 4.69) is 16.8 Å². The molecule has 0 aliphatic carbocycles. The van der Waals surface area contributed by atoms with E-state index in [0.717, 1.165) is 16.1 Å². The molecular weight excluding hydrogens is 308 g/mol. The molecule has 0 aliphatic rings. The lowest BCUT2D eigenvalue weighted by atomic mass is 10.2. The Labute approximate surface area is 138 Å². The molecule has 4 nitrogen and oxygen atoms in total. The molecule has 0 unspecified atom stereocenters. The lowest BCUT2D eigenvalue weighted by molar-refractivity contribution is -0.114. The highest BCUT2D eigenvalue weighted by molar-refractivity contribution is 7.13. The number of nitrogens with zero attached hydrogens (tertiary/aromatic N) is 1. The van der Waals surface area contributed by atoms with Gasteiger partial charge in [0.05, 0.1) is 5.69 Å². The van der Waals surface area contributed by atoms with E-state index < -0.39 is 0 Å². The molecule has 23 heavy (non-hydrogen) atoms. The number of carbonyl (C=O) groups excluding carboxylic acids is 1. The maximum Gasteiger partial charge on any atom is 0.255 e. The van der Waals surface area contributed by atoms with E-state index in [-0.39, 0.29) is 11.5 Å². The number of pyridine rings is 1. The summed E-state index contributed by atoms with van der Waals surface area (Å²) in [5.41, 5.74) is 3.47. The van der Waals surface area contributed by atoms with E-state index in [1.54, 1.807) is 34.1 Å². The highest BCUT2D eigenvalue weighted by atomic mass is 32.1. The quantitative estimate of drug-likeness (QED) is 0.796. The lowest BCUT2D eigenvalue weighted by Crippen LogP contribution is -2.16. The van der Waals surface area contributed by atoms with Gasteiger partial charge in [0.15, 0.2) is 0 Å². The summed E-state index contributed by atoms with van der Waals surface area (Å²) in [5.74, 6) is -0.141. The Kier molecular flexibility index (Phi) is 4.12. The van der Waals surface area contributed by atoms with Gasteiger partial charge in [-0.05, 0) is 48.2 Å². The third kappa shape index (κ3) is 3.40. The summed E-state index contributed by atoms with van der Waals surface area (Å²) in [6.45, 7) is 3.51. The topological polar surface area (TPSA) is 51.1 Å². The molecule has 1 aromatic carbocycles. The van der Waals surface area contributed by atoms with E-state index in [4.69, 9.17) is 0 Å². The Bertz CT molecular complexity index is 925. The Morgan fingerprint density at radius 2 is 2.00 bits per heavy atom. The van der Waals surface area contributed by atoms with Crippen LogP contribution in [0.1, 0.15) is 12.5 Å². The number of hydrogen-bond donors (Lipinski definition) is 1. The molecule has 0 aliphatic heterocycles. The zero-order chi connectivity index (χ0) is 16.4. The van der Waals surface area contributed by atoms with Gasteiger partial charge in [0.1, 0.15) is 0 Å². The van der Waals surface area contributed by atoms with Crippen molar-refractivity contribution in [1.29, 1.82) is 0 Å². The molecule has 0 spiro atoms. The maximum atomic E-state index is 12.2. The number of nitrogens with one attached hydrogen (secondary N) is 1. The molecule has 1 amide bonds. The molecule has 116 valence electrons. The standard InChI is InChI=1S/C18H16N2O2S/c1-12-8-17(23-11-12)14-6-7-18(22)20(10-14)16-5-3-4-15(9-16)19-13(2)21/h3-11H,1-2H3,(H,19,21). The molecule has 0 radical (unpaired) electrons. The average molecular weight is 324 g/mol. The smallest absolute Gasteiger partial charge is 0.255 e. The van der Waals surface area contributed by atoms with Gasteiger partial charge in [0, 0.05) is 35.3 Å². The van der Waals surface area contributed by atoms with Gasteiger partial charge in [0.25, 0.3) is 5.56 Å². The minimum absolute atomic E-state index is 0.109. The second-order valence-electron chi connectivity index (χ2n) is 5.35. The van der Waals surface area contributed by atoms with Gasteiger partial charge in [-0.15, -0.1) is 11.3 Å². The first-order chi connectivity index (χ1) is 11.0. The number of rotatable bonds is 3. The van der Waals surface area contributed by atoms with E-state index in [1.807, 2.05) is 31.3 Å². The summed E-state index contributed by atoms with van der Waals surface area (Å²) in [5, 5.41) is 4.82. The van der Waals surface area contributed by atoms with Crippen molar-refractivity contribution in [2.45, 2.75) is 13.8 Å². The molecule has 5 heteroatoms. The minimum Gasteiger partial charge on any atom is -0.326 e. The van der Waals surface area contributed by atoms with Crippen LogP contribution in [0.3, 0.4) is 0 Å². The predicted octanol–water partition coefficient (Wildman–Crippen LogP) is 3.83. The second-order valence-corrected chi connectivity index (χ2v) is 6.26. The van der Waals surface area contributed by atoms with Gasteiger partial charge >= 0.3 is 0 Å². The Hall–Kier alpha value is -2.66. The Morgan fingerprint density at radius 1 is 1.17 bits per heavy atom. The number of benzene rings is 1. The summed E-state index contributed by atoms with van der Waals surface area (Å²) in [6.07, 6.45) is 1.83. The minimum atomic E-state index is -0.141. The summed E-state index contributed by atoms with van der Waals surface area (Å²) in [7, 11) is 0. The average Bonchev–Trinajstić information content (AvgIpc) is 2.94. The van der Waals surface area contributed by atoms with Crippen LogP contribution in [0.2, 0.25) is 0 Å². The fourth-order valence-electron chi connectivity index (χ4n) is 2.35. The van der Waals surface area contributed by atoms with Crippen LogP contribution >= 0.6 is 11.3 Å². The zero-order valence-electron chi connectivity index (χ0n) is 12.9. The molecule has 0 saturated heterocycles. The predicted molar refractivity (Wildman–Crippen MR) is 94.4 cm³/mol. The van der Waals surface area contributed by atoms with Crippen molar-refractivity contribution >= 4 is 22.9 Å². The normalized spacial score (nSPS) is 10.5. The first-order valence-electron chi connectivity index (χ1n) is 7.19. The van der Waals surface area contributed by atoms with Crippen LogP contribution in [0.25, 0.3) is 16.1 Å². The molecule has 3 aromatic rings. The van der Waals surface area contributed by atoms with Gasteiger partial charge in [-0.25, -0.2) is 0 Å². The van der Waals surface area contributed by atoms with E-state index in [9.17, 15) is 9.59 Å². The first kappa shape index (κ1) is 15.2. The zero-order valence-corrected chi connectivity index (χ0v) is 13.7. The van der Waals surface area contributed by atoms with Crippen LogP contribution in [-0.2, 0) is 4.79 Å². The Balaban J connectivity index is 2.06. The molecule has 0 atom stereocenters. The van der Waals surface area contributed by atoms with Crippen LogP contribution in [-0.4, -0.2) is 10.5 Å². The van der Waals surface area contributed by atoms with Crippen molar-refractivity contribution in [3.05, 3.63) is 70.0 Å². The second kappa shape index (κ2) is 6.22.